The van der Waals surface area contributed by atoms with Gasteiger partial charge in [0.1, 0.15) is 12.1 Å². The molecule has 2 amide bonds. The number of amides is 2. The van der Waals surface area contributed by atoms with Crippen molar-refractivity contribution in [3.8, 4) is 11.1 Å². The van der Waals surface area contributed by atoms with Crippen molar-refractivity contribution < 1.29 is 14.7 Å². The van der Waals surface area contributed by atoms with Crippen LogP contribution in [0.1, 0.15) is 55.5 Å². The summed E-state index contributed by atoms with van der Waals surface area (Å²) in [5, 5.41) is 18.5. The van der Waals surface area contributed by atoms with Gasteiger partial charge in [-0.25, -0.2) is 0 Å². The number of thiophene rings is 1. The standard InChI is InChI=1S/C25H30N2O4S/c1-14(2)13-17(26-25(31)18-11-8-12-32-18)24(30)27-21(15(3)4)23(29)20-19(22(20)28)16-9-6-5-7-10-16/h5-12,14-15,17,21,23,29H,13H2,1-4H3,(H,26,31)(H,27,30)/t17-,21-,23-/m0/s1. The van der Waals surface area contributed by atoms with Crippen LogP contribution in [0.2, 0.25) is 0 Å². The Labute approximate surface area is 192 Å². The molecule has 0 unspecified atom stereocenters. The molecule has 7 heteroatoms. The summed E-state index contributed by atoms with van der Waals surface area (Å²) in [4.78, 5) is 38.6. The lowest BCUT2D eigenvalue weighted by Crippen LogP contribution is -2.52. The third kappa shape index (κ3) is 5.53. The Hall–Kier alpha value is -2.77. The Kier molecular flexibility index (Phi) is 7.64. The number of aliphatic hydroxyl groups excluding tert-OH is 1. The van der Waals surface area contributed by atoms with Crippen molar-refractivity contribution >= 4 is 23.2 Å². The Balaban J connectivity index is 1.75. The molecular weight excluding hydrogens is 424 g/mol. The molecule has 0 saturated heterocycles. The van der Waals surface area contributed by atoms with Gasteiger partial charge < -0.3 is 15.7 Å². The predicted octanol–water partition coefficient (Wildman–Crippen LogP) is 3.67. The van der Waals surface area contributed by atoms with Crippen molar-refractivity contribution in [1.82, 2.24) is 10.6 Å². The first-order chi connectivity index (χ1) is 15.2. The summed E-state index contributed by atoms with van der Waals surface area (Å²) in [6.07, 6.45) is -0.657. The maximum atomic E-state index is 13.1. The van der Waals surface area contributed by atoms with Gasteiger partial charge in [-0.3, -0.25) is 14.4 Å². The molecule has 1 heterocycles. The lowest BCUT2D eigenvalue weighted by molar-refractivity contribution is -0.125. The van der Waals surface area contributed by atoms with Gasteiger partial charge >= 0.3 is 0 Å². The molecule has 0 aliphatic carbocycles. The van der Waals surface area contributed by atoms with E-state index in [0.717, 1.165) is 5.56 Å². The number of carbonyl (C=O) groups is 2. The zero-order valence-electron chi connectivity index (χ0n) is 18.8. The van der Waals surface area contributed by atoms with Crippen LogP contribution in [0.15, 0.2) is 52.6 Å². The minimum Gasteiger partial charge on any atom is -0.386 e. The van der Waals surface area contributed by atoms with E-state index in [4.69, 9.17) is 0 Å². The molecule has 0 aliphatic heterocycles. The average molecular weight is 455 g/mol. The van der Waals surface area contributed by atoms with E-state index in [9.17, 15) is 19.5 Å². The summed E-state index contributed by atoms with van der Waals surface area (Å²) in [5.41, 5.74) is 1.45. The van der Waals surface area contributed by atoms with Gasteiger partial charge in [0, 0.05) is 11.1 Å². The highest BCUT2D eigenvalue weighted by molar-refractivity contribution is 7.12. The number of rotatable bonds is 10. The van der Waals surface area contributed by atoms with Crippen molar-refractivity contribution in [2.24, 2.45) is 11.8 Å². The summed E-state index contributed by atoms with van der Waals surface area (Å²) in [6, 6.07) is 11.3. The van der Waals surface area contributed by atoms with Gasteiger partial charge in [-0.05, 0) is 35.3 Å². The van der Waals surface area contributed by atoms with Gasteiger partial charge in [0.05, 0.1) is 10.9 Å². The summed E-state index contributed by atoms with van der Waals surface area (Å²) in [6.45, 7) is 7.72. The summed E-state index contributed by atoms with van der Waals surface area (Å²) in [7, 11) is 0. The van der Waals surface area contributed by atoms with E-state index in [1.807, 2.05) is 63.4 Å². The van der Waals surface area contributed by atoms with Gasteiger partial charge in [-0.1, -0.05) is 64.1 Å². The van der Waals surface area contributed by atoms with Gasteiger partial charge in [0.25, 0.3) is 5.91 Å². The van der Waals surface area contributed by atoms with Crippen molar-refractivity contribution in [1.29, 1.82) is 0 Å². The molecule has 3 rings (SSSR count). The molecule has 3 N–H and O–H groups in total. The highest BCUT2D eigenvalue weighted by atomic mass is 32.1. The largest absolute Gasteiger partial charge is 0.386 e. The topological polar surface area (TPSA) is 95.5 Å². The molecule has 0 fully saturated rings. The van der Waals surface area contributed by atoms with Crippen LogP contribution in [0, 0.1) is 11.8 Å². The fraction of sp³-hybridized carbons (Fsp3) is 0.400. The number of benzene rings is 1. The van der Waals surface area contributed by atoms with Gasteiger partial charge in [-0.15, -0.1) is 11.3 Å². The lowest BCUT2D eigenvalue weighted by Gasteiger charge is -2.29. The molecule has 170 valence electrons. The number of hydrogen-bond acceptors (Lipinski definition) is 5. The molecule has 1 aromatic heterocycles. The molecule has 3 aromatic rings. The summed E-state index contributed by atoms with van der Waals surface area (Å²) in [5.74, 6) is -0.612. The maximum absolute atomic E-state index is 13.1. The minimum absolute atomic E-state index is 0.125. The van der Waals surface area contributed by atoms with Crippen molar-refractivity contribution in [3.05, 3.63) is 68.5 Å². The average Bonchev–Trinajstić information content (AvgIpc) is 3.13. The van der Waals surface area contributed by atoms with Crippen LogP contribution in [-0.4, -0.2) is 29.0 Å². The van der Waals surface area contributed by atoms with Gasteiger partial charge in [0.2, 0.25) is 5.91 Å². The van der Waals surface area contributed by atoms with Crippen LogP contribution in [0.4, 0.5) is 0 Å². The van der Waals surface area contributed by atoms with Gasteiger partial charge in [-0.2, -0.15) is 0 Å². The second-order valence-corrected chi connectivity index (χ2v) is 9.79. The fourth-order valence-electron chi connectivity index (χ4n) is 3.75. The molecular formula is C25H30N2O4S. The van der Waals surface area contributed by atoms with Crippen LogP contribution in [0.25, 0.3) is 11.1 Å². The van der Waals surface area contributed by atoms with Crippen LogP contribution in [-0.2, 0) is 4.79 Å². The van der Waals surface area contributed by atoms with Crippen molar-refractivity contribution in [2.45, 2.75) is 52.3 Å². The maximum Gasteiger partial charge on any atom is 0.261 e. The molecule has 6 nitrogen and oxygen atoms in total. The number of aliphatic hydroxyl groups is 1. The molecule has 2 aromatic carbocycles. The lowest BCUT2D eigenvalue weighted by atomic mass is 9.95. The summed E-state index contributed by atoms with van der Waals surface area (Å²) >= 11 is 1.31. The first kappa shape index (κ1) is 23.9. The Morgan fingerprint density at radius 1 is 1.00 bits per heavy atom. The van der Waals surface area contributed by atoms with E-state index >= 15 is 0 Å². The number of hydrogen-bond donors (Lipinski definition) is 3. The minimum atomic E-state index is -1.12. The second kappa shape index (κ2) is 10.2. The smallest absolute Gasteiger partial charge is 0.261 e. The Bertz CT molecular complexity index is 1050. The zero-order valence-corrected chi connectivity index (χ0v) is 19.6. The second-order valence-electron chi connectivity index (χ2n) is 8.84. The molecule has 32 heavy (non-hydrogen) atoms. The molecule has 0 saturated carbocycles. The van der Waals surface area contributed by atoms with E-state index in [-0.39, 0.29) is 29.1 Å². The van der Waals surface area contributed by atoms with Crippen LogP contribution in [0.5, 0.6) is 0 Å². The van der Waals surface area contributed by atoms with Crippen molar-refractivity contribution in [3.63, 3.8) is 0 Å². The van der Waals surface area contributed by atoms with Crippen LogP contribution >= 0.6 is 11.3 Å². The molecule has 0 aliphatic rings. The monoisotopic (exact) mass is 454 g/mol. The van der Waals surface area contributed by atoms with E-state index in [1.54, 1.807) is 12.1 Å². The van der Waals surface area contributed by atoms with Crippen molar-refractivity contribution in [2.75, 3.05) is 0 Å². The van der Waals surface area contributed by atoms with Gasteiger partial charge in [0.15, 0.2) is 5.43 Å². The predicted molar refractivity (Wildman–Crippen MR) is 127 cm³/mol. The SMILES string of the molecule is CC(C)C[C@H](NC(=O)c1cccs1)C(=O)N[C@@H](C(C)C)[C@@H](O)c1c(-c2ccccc2)c1=O. The molecule has 0 spiro atoms. The highest BCUT2D eigenvalue weighted by Gasteiger charge is 2.37. The first-order valence-electron chi connectivity index (χ1n) is 10.9. The number of carbonyl (C=O) groups excluding carboxylic acids is 2. The Morgan fingerprint density at radius 2 is 1.69 bits per heavy atom. The van der Waals surface area contributed by atoms with E-state index in [1.165, 1.54) is 11.3 Å². The summed E-state index contributed by atoms with van der Waals surface area (Å²) < 4.78 is 0. The third-order valence-electron chi connectivity index (χ3n) is 5.48. The molecule has 0 bridgehead atoms. The molecule has 0 radical (unpaired) electrons. The van der Waals surface area contributed by atoms with Crippen LogP contribution < -0.4 is 16.1 Å². The van der Waals surface area contributed by atoms with E-state index in [2.05, 4.69) is 10.6 Å². The fourth-order valence-corrected chi connectivity index (χ4v) is 4.38. The first-order valence-corrected chi connectivity index (χ1v) is 11.8. The quantitative estimate of drug-likeness (QED) is 0.436. The zero-order chi connectivity index (χ0) is 23.4. The third-order valence-corrected chi connectivity index (χ3v) is 6.35. The van der Waals surface area contributed by atoms with E-state index in [0.29, 0.717) is 22.4 Å². The Morgan fingerprint density at radius 3 is 2.25 bits per heavy atom. The van der Waals surface area contributed by atoms with E-state index < -0.39 is 18.2 Å². The normalized spacial score (nSPS) is 14.5. The van der Waals surface area contributed by atoms with Crippen LogP contribution in [0.3, 0.4) is 0 Å². The molecule has 3 atom stereocenters. The number of nitrogens with one attached hydrogen (secondary N) is 2. The highest BCUT2D eigenvalue weighted by Crippen LogP contribution is 2.33.